The summed E-state index contributed by atoms with van der Waals surface area (Å²) < 4.78 is 1.95. The summed E-state index contributed by atoms with van der Waals surface area (Å²) in [5.74, 6) is 0. The quantitative estimate of drug-likeness (QED) is 0.738. The number of aromatic nitrogens is 3. The van der Waals surface area contributed by atoms with Crippen molar-refractivity contribution >= 4 is 0 Å². The Morgan fingerprint density at radius 2 is 2.29 bits per heavy atom. The Kier molecular flexibility index (Phi) is 2.58. The second-order valence-corrected chi connectivity index (χ2v) is 3.21. The van der Waals surface area contributed by atoms with Crippen LogP contribution in [0.25, 0.3) is 11.3 Å². The molecule has 0 N–H and O–H groups in total. The van der Waals surface area contributed by atoms with E-state index in [1.165, 1.54) is 0 Å². The van der Waals surface area contributed by atoms with Gasteiger partial charge in [-0.15, -0.1) is 0 Å². The number of hydrogen-bond acceptors (Lipinski definition) is 2. The molecule has 0 aliphatic carbocycles. The molecule has 14 heavy (non-hydrogen) atoms. The third-order valence-corrected chi connectivity index (χ3v) is 2.05. The van der Waals surface area contributed by atoms with Crippen molar-refractivity contribution in [1.82, 2.24) is 14.8 Å². The molecular weight excluding hydrogens is 174 g/mol. The van der Waals surface area contributed by atoms with Crippen molar-refractivity contribution in [3.05, 3.63) is 36.8 Å². The highest BCUT2D eigenvalue weighted by molar-refractivity contribution is 5.56. The van der Waals surface area contributed by atoms with Crippen LogP contribution in [0.4, 0.5) is 0 Å². The maximum atomic E-state index is 4.27. The van der Waals surface area contributed by atoms with Crippen LogP contribution in [-0.4, -0.2) is 14.8 Å². The second-order valence-electron chi connectivity index (χ2n) is 3.21. The minimum atomic E-state index is 0.965. The van der Waals surface area contributed by atoms with E-state index in [2.05, 4.69) is 17.0 Å². The van der Waals surface area contributed by atoms with E-state index in [9.17, 15) is 0 Å². The van der Waals surface area contributed by atoms with Crippen LogP contribution in [0.15, 0.2) is 36.8 Å². The SMILES string of the molecule is CCCn1cc(-c2ccccn2)cn1. The molecular formula is C11H13N3. The first-order valence-corrected chi connectivity index (χ1v) is 4.84. The highest BCUT2D eigenvalue weighted by atomic mass is 15.3. The van der Waals surface area contributed by atoms with Crippen molar-refractivity contribution in [3.63, 3.8) is 0 Å². The Morgan fingerprint density at radius 3 is 3.00 bits per heavy atom. The molecule has 0 bridgehead atoms. The second kappa shape index (κ2) is 4.05. The molecule has 0 saturated carbocycles. The zero-order chi connectivity index (χ0) is 9.80. The summed E-state index contributed by atoms with van der Waals surface area (Å²) >= 11 is 0. The van der Waals surface area contributed by atoms with E-state index < -0.39 is 0 Å². The Morgan fingerprint density at radius 1 is 1.36 bits per heavy atom. The van der Waals surface area contributed by atoms with Crippen LogP contribution in [0.2, 0.25) is 0 Å². The van der Waals surface area contributed by atoms with Gasteiger partial charge in [0.1, 0.15) is 0 Å². The first kappa shape index (κ1) is 8.94. The number of hydrogen-bond donors (Lipinski definition) is 0. The average Bonchev–Trinajstić information content (AvgIpc) is 2.68. The van der Waals surface area contributed by atoms with E-state index in [0.717, 1.165) is 24.2 Å². The monoisotopic (exact) mass is 187 g/mol. The van der Waals surface area contributed by atoms with Crippen molar-refractivity contribution in [3.8, 4) is 11.3 Å². The first-order valence-electron chi connectivity index (χ1n) is 4.84. The highest BCUT2D eigenvalue weighted by Gasteiger charge is 2.00. The average molecular weight is 187 g/mol. The summed E-state index contributed by atoms with van der Waals surface area (Å²) in [7, 11) is 0. The molecule has 0 amide bonds. The molecule has 3 nitrogen and oxygen atoms in total. The molecule has 2 aromatic rings. The summed E-state index contributed by atoms with van der Waals surface area (Å²) in [5.41, 5.74) is 2.06. The van der Waals surface area contributed by atoms with Crippen molar-refractivity contribution in [1.29, 1.82) is 0 Å². The highest BCUT2D eigenvalue weighted by Crippen LogP contribution is 2.14. The maximum absolute atomic E-state index is 4.27. The predicted octanol–water partition coefficient (Wildman–Crippen LogP) is 2.36. The van der Waals surface area contributed by atoms with E-state index in [4.69, 9.17) is 0 Å². The molecule has 0 radical (unpaired) electrons. The molecule has 0 spiro atoms. The number of aryl methyl sites for hydroxylation is 1. The topological polar surface area (TPSA) is 30.7 Å². The molecule has 2 rings (SSSR count). The van der Waals surface area contributed by atoms with Gasteiger partial charge in [0.2, 0.25) is 0 Å². The molecule has 0 aliphatic heterocycles. The molecule has 0 atom stereocenters. The molecule has 0 unspecified atom stereocenters. The largest absolute Gasteiger partial charge is 0.272 e. The van der Waals surface area contributed by atoms with E-state index in [-0.39, 0.29) is 0 Å². The standard InChI is InChI=1S/C11H13N3/c1-2-7-14-9-10(8-13-14)11-5-3-4-6-12-11/h3-6,8-9H,2,7H2,1H3. The fraction of sp³-hybridized carbons (Fsp3) is 0.273. The minimum absolute atomic E-state index is 0.965. The zero-order valence-electron chi connectivity index (χ0n) is 8.22. The van der Waals surface area contributed by atoms with E-state index in [1.54, 1.807) is 6.20 Å². The smallest absolute Gasteiger partial charge is 0.0733 e. The van der Waals surface area contributed by atoms with E-state index in [0.29, 0.717) is 0 Å². The van der Waals surface area contributed by atoms with Crippen LogP contribution in [-0.2, 0) is 6.54 Å². The lowest BCUT2D eigenvalue weighted by molar-refractivity contribution is 0.603. The molecule has 0 aliphatic rings. The Bertz CT molecular complexity index is 392. The fourth-order valence-corrected chi connectivity index (χ4v) is 1.38. The summed E-state index contributed by atoms with van der Waals surface area (Å²) in [4.78, 5) is 4.27. The summed E-state index contributed by atoms with van der Waals surface area (Å²) in [5, 5.41) is 4.26. The molecule has 3 heteroatoms. The number of pyridine rings is 1. The molecule has 72 valence electrons. The lowest BCUT2D eigenvalue weighted by Crippen LogP contribution is -1.95. The van der Waals surface area contributed by atoms with Crippen molar-refractivity contribution in [2.24, 2.45) is 0 Å². The Hall–Kier alpha value is -1.64. The minimum Gasteiger partial charge on any atom is -0.272 e. The molecule has 0 saturated heterocycles. The van der Waals surface area contributed by atoms with Crippen LogP contribution in [0, 0.1) is 0 Å². The van der Waals surface area contributed by atoms with Crippen LogP contribution in [0.3, 0.4) is 0 Å². The van der Waals surface area contributed by atoms with Gasteiger partial charge >= 0.3 is 0 Å². The van der Waals surface area contributed by atoms with Gasteiger partial charge in [0.15, 0.2) is 0 Å². The van der Waals surface area contributed by atoms with Gasteiger partial charge in [-0.25, -0.2) is 0 Å². The summed E-state index contributed by atoms with van der Waals surface area (Å²) in [6.45, 7) is 3.11. The molecule has 0 aromatic carbocycles. The Labute approximate surface area is 83.4 Å². The van der Waals surface area contributed by atoms with Gasteiger partial charge in [-0.05, 0) is 18.6 Å². The van der Waals surface area contributed by atoms with Crippen molar-refractivity contribution < 1.29 is 0 Å². The third-order valence-electron chi connectivity index (χ3n) is 2.05. The predicted molar refractivity (Wildman–Crippen MR) is 55.7 cm³/mol. The fourth-order valence-electron chi connectivity index (χ4n) is 1.38. The third kappa shape index (κ3) is 1.82. The summed E-state index contributed by atoms with van der Waals surface area (Å²) in [6, 6.07) is 5.90. The normalized spacial score (nSPS) is 10.4. The van der Waals surface area contributed by atoms with Crippen LogP contribution >= 0.6 is 0 Å². The molecule has 2 heterocycles. The number of nitrogens with zero attached hydrogens (tertiary/aromatic N) is 3. The van der Waals surface area contributed by atoms with Gasteiger partial charge < -0.3 is 0 Å². The van der Waals surface area contributed by atoms with Crippen LogP contribution < -0.4 is 0 Å². The van der Waals surface area contributed by atoms with Gasteiger partial charge in [-0.1, -0.05) is 13.0 Å². The maximum Gasteiger partial charge on any atom is 0.0733 e. The molecule has 2 aromatic heterocycles. The van der Waals surface area contributed by atoms with Gasteiger partial charge in [0.05, 0.1) is 11.9 Å². The van der Waals surface area contributed by atoms with Crippen LogP contribution in [0.1, 0.15) is 13.3 Å². The Balaban J connectivity index is 2.25. The zero-order valence-corrected chi connectivity index (χ0v) is 8.22. The van der Waals surface area contributed by atoms with Gasteiger partial charge in [0, 0.05) is 24.5 Å². The molecule has 0 fully saturated rings. The van der Waals surface area contributed by atoms with E-state index in [1.807, 2.05) is 35.3 Å². The van der Waals surface area contributed by atoms with Gasteiger partial charge in [-0.2, -0.15) is 5.10 Å². The first-order chi connectivity index (χ1) is 6.90. The number of rotatable bonds is 3. The summed E-state index contributed by atoms with van der Waals surface area (Å²) in [6.07, 6.45) is 6.79. The van der Waals surface area contributed by atoms with Crippen molar-refractivity contribution in [2.45, 2.75) is 19.9 Å². The van der Waals surface area contributed by atoms with E-state index >= 15 is 0 Å². The van der Waals surface area contributed by atoms with Crippen LogP contribution in [0.5, 0.6) is 0 Å². The lowest BCUT2D eigenvalue weighted by Gasteiger charge is -1.95. The van der Waals surface area contributed by atoms with Gasteiger partial charge in [0.25, 0.3) is 0 Å². The van der Waals surface area contributed by atoms with Crippen molar-refractivity contribution in [2.75, 3.05) is 0 Å². The lowest BCUT2D eigenvalue weighted by atomic mass is 10.2. The van der Waals surface area contributed by atoms with Gasteiger partial charge in [-0.3, -0.25) is 9.67 Å².